The quantitative estimate of drug-likeness (QED) is 0.329. The van der Waals surface area contributed by atoms with Gasteiger partial charge in [0.15, 0.2) is 17.6 Å². The number of benzene rings is 2. The van der Waals surface area contributed by atoms with Gasteiger partial charge in [0, 0.05) is 24.2 Å². The molecule has 1 atom stereocenters. The highest BCUT2D eigenvalue weighted by molar-refractivity contribution is 5.76. The fourth-order valence-corrected chi connectivity index (χ4v) is 3.37. The maximum atomic E-state index is 14.0. The summed E-state index contributed by atoms with van der Waals surface area (Å²) in [5, 5.41) is 17.5. The number of ether oxygens (including phenoxy) is 1. The van der Waals surface area contributed by atoms with Crippen LogP contribution in [0.3, 0.4) is 0 Å². The zero-order valence-electron chi connectivity index (χ0n) is 17.3. The van der Waals surface area contributed by atoms with Crippen LogP contribution in [0.2, 0.25) is 0 Å². The first-order valence-electron chi connectivity index (χ1n) is 9.92. The summed E-state index contributed by atoms with van der Waals surface area (Å²) in [6.07, 6.45) is -4.78. The lowest BCUT2D eigenvalue weighted by Gasteiger charge is -2.17. The minimum atomic E-state index is -5.18. The van der Waals surface area contributed by atoms with E-state index in [9.17, 15) is 31.9 Å². The number of aromatic nitrogens is 3. The average molecular weight is 477 g/mol. The standard InChI is InChI=1S/C23H16F5N3O3/c24-17-7-6-16(18(25)10-17)9-13-1-8-20-29-30-21(31(20)11-13)15-4-2-14(3-5-15)19(12-32)34-22(33)23(26,27)28/h1-8,10-11,19,32H,9,12H2. The van der Waals surface area contributed by atoms with Crippen molar-refractivity contribution in [3.05, 3.63) is 89.1 Å². The number of halogens is 5. The Morgan fingerprint density at radius 3 is 2.41 bits per heavy atom. The topological polar surface area (TPSA) is 76.7 Å². The van der Waals surface area contributed by atoms with Crippen molar-refractivity contribution in [1.29, 1.82) is 0 Å². The maximum absolute atomic E-state index is 14.0. The predicted octanol–water partition coefficient (Wildman–Crippen LogP) is 4.40. The molecule has 0 aliphatic carbocycles. The lowest BCUT2D eigenvalue weighted by Crippen LogP contribution is -2.28. The Morgan fingerprint density at radius 1 is 1.03 bits per heavy atom. The number of carbonyl (C=O) groups is 1. The number of esters is 1. The molecule has 6 nitrogen and oxygen atoms in total. The Balaban J connectivity index is 1.59. The highest BCUT2D eigenvalue weighted by Crippen LogP contribution is 2.26. The minimum absolute atomic E-state index is 0.158. The van der Waals surface area contributed by atoms with Crippen molar-refractivity contribution >= 4 is 11.6 Å². The summed E-state index contributed by atoms with van der Waals surface area (Å²) in [4.78, 5) is 11.1. The lowest BCUT2D eigenvalue weighted by atomic mass is 10.1. The SMILES string of the molecule is O=C(OC(CO)c1ccc(-c2nnc3ccc(Cc4ccc(F)cc4F)cn23)cc1)C(F)(F)F. The molecule has 34 heavy (non-hydrogen) atoms. The monoisotopic (exact) mass is 477 g/mol. The van der Waals surface area contributed by atoms with Gasteiger partial charge in [-0.1, -0.05) is 36.4 Å². The number of nitrogens with zero attached hydrogens (tertiary/aromatic N) is 3. The molecule has 0 bridgehead atoms. The molecule has 4 rings (SSSR count). The summed E-state index contributed by atoms with van der Waals surface area (Å²) >= 11 is 0. The van der Waals surface area contributed by atoms with E-state index in [1.165, 1.54) is 36.4 Å². The van der Waals surface area contributed by atoms with E-state index in [1.54, 1.807) is 22.7 Å². The molecule has 0 saturated heterocycles. The van der Waals surface area contributed by atoms with Crippen LogP contribution in [0.5, 0.6) is 0 Å². The number of hydrogen-bond donors (Lipinski definition) is 1. The van der Waals surface area contributed by atoms with Gasteiger partial charge in [-0.25, -0.2) is 13.6 Å². The molecular formula is C23H16F5N3O3. The second kappa shape index (κ2) is 9.18. The number of fused-ring (bicyclic) bond motifs is 1. The van der Waals surface area contributed by atoms with Gasteiger partial charge in [-0.3, -0.25) is 4.40 Å². The van der Waals surface area contributed by atoms with E-state index >= 15 is 0 Å². The fraction of sp³-hybridized carbons (Fsp3) is 0.174. The van der Waals surface area contributed by atoms with Gasteiger partial charge in [-0.05, 0) is 28.8 Å². The number of pyridine rings is 1. The molecule has 2 heterocycles. The van der Waals surface area contributed by atoms with Crippen LogP contribution in [0.1, 0.15) is 22.8 Å². The Bertz CT molecular complexity index is 1340. The van der Waals surface area contributed by atoms with Gasteiger partial charge >= 0.3 is 12.1 Å². The van der Waals surface area contributed by atoms with Crippen molar-refractivity contribution in [3.8, 4) is 11.4 Å². The molecule has 1 unspecified atom stereocenters. The molecule has 2 aromatic heterocycles. The van der Waals surface area contributed by atoms with Gasteiger partial charge in [0.1, 0.15) is 11.6 Å². The highest BCUT2D eigenvalue weighted by atomic mass is 19.4. The molecule has 0 aliphatic rings. The molecule has 176 valence electrons. The Labute approximate surface area is 189 Å². The second-order valence-corrected chi connectivity index (χ2v) is 7.40. The van der Waals surface area contributed by atoms with E-state index in [4.69, 9.17) is 0 Å². The van der Waals surface area contributed by atoms with Gasteiger partial charge in [0.25, 0.3) is 0 Å². The molecule has 2 aromatic carbocycles. The largest absolute Gasteiger partial charge is 0.490 e. The molecule has 0 aliphatic heterocycles. The summed E-state index contributed by atoms with van der Waals surface area (Å²) in [5.74, 6) is -3.33. The van der Waals surface area contributed by atoms with E-state index in [1.807, 2.05) is 0 Å². The number of aliphatic hydroxyl groups is 1. The van der Waals surface area contributed by atoms with E-state index in [2.05, 4.69) is 14.9 Å². The molecule has 4 aromatic rings. The van der Waals surface area contributed by atoms with Crippen LogP contribution in [-0.4, -0.2) is 38.5 Å². The average Bonchev–Trinajstić information content (AvgIpc) is 3.22. The first-order valence-corrected chi connectivity index (χ1v) is 9.92. The van der Waals surface area contributed by atoms with Gasteiger partial charge in [0.05, 0.1) is 6.61 Å². The number of carbonyl (C=O) groups excluding carboxylic acids is 1. The fourth-order valence-electron chi connectivity index (χ4n) is 3.37. The number of aliphatic hydroxyl groups excluding tert-OH is 1. The summed E-state index contributed by atoms with van der Waals surface area (Å²) in [6, 6.07) is 12.6. The minimum Gasteiger partial charge on any atom is -0.448 e. The summed E-state index contributed by atoms with van der Waals surface area (Å²) < 4.78 is 70.6. The number of alkyl halides is 3. The van der Waals surface area contributed by atoms with Crippen LogP contribution < -0.4 is 0 Å². The van der Waals surface area contributed by atoms with Crippen molar-refractivity contribution in [2.75, 3.05) is 6.61 Å². The summed E-state index contributed by atoms with van der Waals surface area (Å²) in [5.41, 5.74) is 2.21. The van der Waals surface area contributed by atoms with Crippen molar-refractivity contribution in [1.82, 2.24) is 14.6 Å². The molecular weight excluding hydrogens is 461 g/mol. The molecule has 0 saturated carbocycles. The van der Waals surface area contributed by atoms with Gasteiger partial charge in [-0.15, -0.1) is 10.2 Å². The first kappa shape index (κ1) is 23.3. The van der Waals surface area contributed by atoms with Gasteiger partial charge < -0.3 is 9.84 Å². The third-order valence-corrected chi connectivity index (χ3v) is 5.06. The van der Waals surface area contributed by atoms with Crippen LogP contribution in [0, 0.1) is 11.6 Å². The maximum Gasteiger partial charge on any atom is 0.490 e. The highest BCUT2D eigenvalue weighted by Gasteiger charge is 2.42. The van der Waals surface area contributed by atoms with Crippen LogP contribution in [0.25, 0.3) is 17.0 Å². The molecule has 1 N–H and O–H groups in total. The summed E-state index contributed by atoms with van der Waals surface area (Å²) in [7, 11) is 0. The van der Waals surface area contributed by atoms with E-state index < -0.39 is 36.5 Å². The smallest absolute Gasteiger partial charge is 0.448 e. The third kappa shape index (κ3) is 4.88. The molecule has 0 fully saturated rings. The van der Waals surface area contributed by atoms with Gasteiger partial charge in [-0.2, -0.15) is 13.2 Å². The van der Waals surface area contributed by atoms with Crippen LogP contribution in [0.4, 0.5) is 22.0 Å². The zero-order valence-corrected chi connectivity index (χ0v) is 17.3. The van der Waals surface area contributed by atoms with Crippen LogP contribution in [-0.2, 0) is 16.0 Å². The van der Waals surface area contributed by atoms with E-state index in [0.717, 1.165) is 6.07 Å². The van der Waals surface area contributed by atoms with Crippen LogP contribution in [0.15, 0.2) is 60.8 Å². The Kier molecular flexibility index (Phi) is 6.29. The predicted molar refractivity (Wildman–Crippen MR) is 110 cm³/mol. The Morgan fingerprint density at radius 2 is 1.76 bits per heavy atom. The van der Waals surface area contributed by atoms with E-state index in [0.29, 0.717) is 28.2 Å². The number of hydrogen-bond acceptors (Lipinski definition) is 5. The lowest BCUT2D eigenvalue weighted by molar-refractivity contribution is -0.206. The van der Waals surface area contributed by atoms with Crippen molar-refractivity contribution < 1.29 is 36.6 Å². The zero-order chi connectivity index (χ0) is 24.5. The van der Waals surface area contributed by atoms with Crippen molar-refractivity contribution in [2.24, 2.45) is 0 Å². The second-order valence-electron chi connectivity index (χ2n) is 7.40. The molecule has 0 spiro atoms. The van der Waals surface area contributed by atoms with Crippen molar-refractivity contribution in [2.45, 2.75) is 18.7 Å². The normalized spacial score (nSPS) is 12.6. The van der Waals surface area contributed by atoms with Crippen LogP contribution >= 0.6 is 0 Å². The third-order valence-electron chi connectivity index (χ3n) is 5.06. The van der Waals surface area contributed by atoms with Gasteiger partial charge in [0.2, 0.25) is 0 Å². The Hall–Kier alpha value is -3.86. The molecule has 11 heteroatoms. The first-order chi connectivity index (χ1) is 16.2. The summed E-state index contributed by atoms with van der Waals surface area (Å²) in [6.45, 7) is -0.835. The molecule has 0 amide bonds. The van der Waals surface area contributed by atoms with Crippen molar-refractivity contribution in [3.63, 3.8) is 0 Å². The number of rotatable bonds is 6. The van der Waals surface area contributed by atoms with E-state index in [-0.39, 0.29) is 12.0 Å². The molecule has 0 radical (unpaired) electrons.